The molecule has 0 aliphatic carbocycles. The number of nitrogens with zero attached hydrogens (tertiary/aromatic N) is 2. The Morgan fingerprint density at radius 2 is 2.00 bits per heavy atom. The second kappa shape index (κ2) is 5.28. The Balaban J connectivity index is 1.78. The maximum Gasteiger partial charge on any atom is 0.129 e. The van der Waals surface area contributed by atoms with Crippen molar-refractivity contribution in [1.82, 2.24) is 9.80 Å². The monoisotopic (exact) mass is 224 g/mol. The van der Waals surface area contributed by atoms with E-state index in [4.69, 9.17) is 0 Å². The van der Waals surface area contributed by atoms with Gasteiger partial charge >= 0.3 is 0 Å². The summed E-state index contributed by atoms with van der Waals surface area (Å²) in [7, 11) is 2.28. The summed E-state index contributed by atoms with van der Waals surface area (Å²) in [5, 5.41) is 0. The van der Waals surface area contributed by atoms with Gasteiger partial charge in [0.15, 0.2) is 0 Å². The van der Waals surface area contributed by atoms with Crippen molar-refractivity contribution in [2.75, 3.05) is 26.7 Å². The van der Waals surface area contributed by atoms with Gasteiger partial charge in [0.2, 0.25) is 0 Å². The average molecular weight is 224 g/mol. The van der Waals surface area contributed by atoms with Crippen molar-refractivity contribution in [2.45, 2.75) is 51.1 Å². The third-order valence-electron chi connectivity index (χ3n) is 4.24. The van der Waals surface area contributed by atoms with Crippen molar-refractivity contribution in [3.05, 3.63) is 0 Å². The first-order valence-corrected chi connectivity index (χ1v) is 6.60. The summed E-state index contributed by atoms with van der Waals surface area (Å²) >= 11 is 0. The van der Waals surface area contributed by atoms with Crippen molar-refractivity contribution in [3.8, 4) is 0 Å². The van der Waals surface area contributed by atoms with Crippen LogP contribution < -0.4 is 0 Å². The van der Waals surface area contributed by atoms with Crippen LogP contribution in [0.15, 0.2) is 0 Å². The summed E-state index contributed by atoms with van der Waals surface area (Å²) in [4.78, 5) is 16.0. The summed E-state index contributed by atoms with van der Waals surface area (Å²) in [6, 6.07) is 1.59. The lowest BCUT2D eigenvalue weighted by molar-refractivity contribution is -0.117. The molecule has 2 atom stereocenters. The van der Waals surface area contributed by atoms with Crippen LogP contribution in [0.1, 0.15) is 39.0 Å². The summed E-state index contributed by atoms with van der Waals surface area (Å²) < 4.78 is 0. The Morgan fingerprint density at radius 3 is 2.75 bits per heavy atom. The van der Waals surface area contributed by atoms with E-state index in [2.05, 4.69) is 16.8 Å². The third kappa shape index (κ3) is 2.83. The molecule has 0 N–H and O–H groups in total. The molecule has 2 fully saturated rings. The quantitative estimate of drug-likeness (QED) is 0.723. The fourth-order valence-corrected chi connectivity index (χ4v) is 3.13. The number of likely N-dealkylation sites (N-methyl/N-ethyl adjacent to an activating group) is 1. The molecule has 0 aromatic rings. The minimum atomic E-state index is 0.327. The second-order valence-electron chi connectivity index (χ2n) is 5.45. The highest BCUT2D eigenvalue weighted by atomic mass is 16.1. The van der Waals surface area contributed by atoms with Crippen LogP contribution in [0.3, 0.4) is 0 Å². The molecule has 92 valence electrons. The Morgan fingerprint density at radius 1 is 1.25 bits per heavy atom. The van der Waals surface area contributed by atoms with Crippen LogP contribution in [0.4, 0.5) is 0 Å². The molecule has 3 nitrogen and oxygen atoms in total. The molecule has 2 unspecified atom stereocenters. The number of hydrogen-bond donors (Lipinski definition) is 0. The zero-order valence-electron chi connectivity index (χ0n) is 10.6. The number of Topliss-reactive ketones (excluding diaryl/α,β-unsaturated/α-hetero) is 1. The first kappa shape index (κ1) is 12.1. The van der Waals surface area contributed by atoms with Crippen LogP contribution in [0.25, 0.3) is 0 Å². The lowest BCUT2D eigenvalue weighted by atomic mass is 10.1. The molecule has 0 amide bonds. The predicted octanol–water partition coefficient (Wildman–Crippen LogP) is 1.52. The number of fused-ring (bicyclic) bond motifs is 2. The minimum Gasteiger partial charge on any atom is -0.302 e. The molecule has 3 heteroatoms. The number of hydrogen-bond acceptors (Lipinski definition) is 3. The van der Waals surface area contributed by atoms with Crippen LogP contribution in [0, 0.1) is 0 Å². The van der Waals surface area contributed by atoms with E-state index in [0.717, 1.165) is 31.5 Å². The fourth-order valence-electron chi connectivity index (χ4n) is 3.13. The van der Waals surface area contributed by atoms with Gasteiger partial charge in [0, 0.05) is 25.0 Å². The van der Waals surface area contributed by atoms with Crippen molar-refractivity contribution >= 4 is 5.78 Å². The lowest BCUT2D eigenvalue weighted by Crippen LogP contribution is -2.37. The third-order valence-corrected chi connectivity index (χ3v) is 4.24. The van der Waals surface area contributed by atoms with E-state index >= 15 is 0 Å². The van der Waals surface area contributed by atoms with Crippen LogP contribution in [0.5, 0.6) is 0 Å². The topological polar surface area (TPSA) is 23.6 Å². The van der Waals surface area contributed by atoms with Gasteiger partial charge in [-0.05, 0) is 52.7 Å². The van der Waals surface area contributed by atoms with Crippen LogP contribution >= 0.6 is 0 Å². The van der Waals surface area contributed by atoms with E-state index in [1.165, 1.54) is 32.4 Å². The highest BCUT2D eigenvalue weighted by molar-refractivity contribution is 5.75. The highest BCUT2D eigenvalue weighted by Gasteiger charge is 2.34. The molecular formula is C13H24N2O. The van der Waals surface area contributed by atoms with Gasteiger partial charge in [-0.1, -0.05) is 0 Å². The lowest BCUT2D eigenvalue weighted by Gasteiger charge is -2.25. The Kier molecular flexibility index (Phi) is 3.98. The fraction of sp³-hybridized carbons (Fsp3) is 0.923. The molecule has 2 saturated heterocycles. The first-order chi connectivity index (χ1) is 7.66. The van der Waals surface area contributed by atoms with Gasteiger partial charge in [-0.3, -0.25) is 4.90 Å². The minimum absolute atomic E-state index is 0.327. The van der Waals surface area contributed by atoms with E-state index in [1.807, 2.05) is 0 Å². The van der Waals surface area contributed by atoms with E-state index in [1.54, 1.807) is 6.92 Å². The van der Waals surface area contributed by atoms with Gasteiger partial charge < -0.3 is 9.69 Å². The zero-order valence-corrected chi connectivity index (χ0v) is 10.6. The Labute approximate surface area is 98.8 Å². The van der Waals surface area contributed by atoms with Gasteiger partial charge in [-0.2, -0.15) is 0 Å². The van der Waals surface area contributed by atoms with Crippen LogP contribution in [-0.2, 0) is 4.79 Å². The smallest absolute Gasteiger partial charge is 0.129 e. The summed E-state index contributed by atoms with van der Waals surface area (Å²) in [5.41, 5.74) is 0. The highest BCUT2D eigenvalue weighted by Crippen LogP contribution is 2.28. The molecule has 0 radical (unpaired) electrons. The number of rotatable bonds is 4. The predicted molar refractivity (Wildman–Crippen MR) is 65.5 cm³/mol. The number of likely N-dealkylation sites (tertiary alicyclic amines) is 1. The van der Waals surface area contributed by atoms with Crippen molar-refractivity contribution in [1.29, 1.82) is 0 Å². The SMILES string of the molecule is CC(=O)CCCN1CCC2CCC(C1)N2C. The Bertz CT molecular complexity index is 254. The Hall–Kier alpha value is -0.410. The normalized spacial score (nSPS) is 31.6. The molecule has 2 heterocycles. The molecule has 0 saturated carbocycles. The van der Waals surface area contributed by atoms with Gasteiger partial charge in [0.05, 0.1) is 0 Å². The molecule has 16 heavy (non-hydrogen) atoms. The van der Waals surface area contributed by atoms with Crippen LogP contribution in [-0.4, -0.2) is 54.3 Å². The second-order valence-corrected chi connectivity index (χ2v) is 5.45. The standard InChI is InChI=1S/C13H24N2O/c1-11(16)4-3-8-15-9-7-12-5-6-13(10-15)14(12)2/h12-13H,3-10H2,1-2H3. The van der Waals surface area contributed by atoms with Gasteiger partial charge in [-0.15, -0.1) is 0 Å². The maximum atomic E-state index is 10.9. The van der Waals surface area contributed by atoms with Gasteiger partial charge in [0.25, 0.3) is 0 Å². The van der Waals surface area contributed by atoms with Gasteiger partial charge in [-0.25, -0.2) is 0 Å². The number of carbonyl (C=O) groups is 1. The molecule has 0 spiro atoms. The summed E-state index contributed by atoms with van der Waals surface area (Å²) in [6.45, 7) is 5.24. The maximum absolute atomic E-state index is 10.9. The summed E-state index contributed by atoms with van der Waals surface area (Å²) in [5.74, 6) is 0.327. The van der Waals surface area contributed by atoms with Crippen molar-refractivity contribution in [2.24, 2.45) is 0 Å². The molecule has 0 aromatic heterocycles. The van der Waals surface area contributed by atoms with Gasteiger partial charge in [0.1, 0.15) is 5.78 Å². The van der Waals surface area contributed by atoms with Crippen LogP contribution in [0.2, 0.25) is 0 Å². The van der Waals surface area contributed by atoms with E-state index < -0.39 is 0 Å². The van der Waals surface area contributed by atoms with Crippen molar-refractivity contribution < 1.29 is 4.79 Å². The molecule has 2 rings (SSSR count). The molecule has 2 aliphatic heterocycles. The molecule has 2 aliphatic rings. The van der Waals surface area contributed by atoms with E-state index in [9.17, 15) is 4.79 Å². The van der Waals surface area contributed by atoms with E-state index in [0.29, 0.717) is 5.78 Å². The van der Waals surface area contributed by atoms with E-state index in [-0.39, 0.29) is 0 Å². The zero-order chi connectivity index (χ0) is 11.5. The first-order valence-electron chi connectivity index (χ1n) is 6.60. The molecule has 0 aromatic carbocycles. The van der Waals surface area contributed by atoms with Crippen molar-refractivity contribution in [3.63, 3.8) is 0 Å². The number of ketones is 1. The average Bonchev–Trinajstić information content (AvgIpc) is 2.45. The molecule has 2 bridgehead atoms. The largest absolute Gasteiger partial charge is 0.302 e. The molecular weight excluding hydrogens is 200 g/mol. The summed E-state index contributed by atoms with van der Waals surface area (Å²) in [6.07, 6.45) is 5.86. The number of carbonyl (C=O) groups excluding carboxylic acids is 1.